The van der Waals surface area contributed by atoms with Crippen molar-refractivity contribution >= 4 is 11.8 Å². The molecule has 0 aromatic carbocycles. The highest BCUT2D eigenvalue weighted by Crippen LogP contribution is 2.39. The zero-order valence-electron chi connectivity index (χ0n) is 7.35. The summed E-state index contributed by atoms with van der Waals surface area (Å²) in [6.45, 7) is 5.28. The maximum absolute atomic E-state index is 11.3. The summed E-state index contributed by atoms with van der Waals surface area (Å²) in [5.74, 6) is -0.575. The Morgan fingerprint density at radius 3 is 2.50 bits per heavy atom. The Labute approximate surface area is 71.4 Å². The molecule has 12 heavy (non-hydrogen) atoms. The van der Waals surface area contributed by atoms with Crippen molar-refractivity contribution in [1.82, 2.24) is 0 Å². The van der Waals surface area contributed by atoms with E-state index in [0.717, 1.165) is 0 Å². The number of methoxy groups -OCH3 is 1. The summed E-state index contributed by atoms with van der Waals surface area (Å²) in [6.07, 6.45) is 1.01. The first-order valence-corrected chi connectivity index (χ1v) is 3.83. The molecule has 0 aromatic heterocycles. The fourth-order valence-corrected chi connectivity index (χ4v) is 1.42. The van der Waals surface area contributed by atoms with Crippen LogP contribution in [0.25, 0.3) is 0 Å². The minimum Gasteiger partial charge on any atom is -0.468 e. The fourth-order valence-electron chi connectivity index (χ4n) is 1.42. The van der Waals surface area contributed by atoms with Crippen molar-refractivity contribution in [3.05, 3.63) is 12.2 Å². The lowest BCUT2D eigenvalue weighted by atomic mass is 9.84. The lowest BCUT2D eigenvalue weighted by Crippen LogP contribution is -2.34. The van der Waals surface area contributed by atoms with E-state index in [-0.39, 0.29) is 5.78 Å². The van der Waals surface area contributed by atoms with Crippen LogP contribution in [-0.4, -0.2) is 18.9 Å². The third-order valence-electron chi connectivity index (χ3n) is 2.51. The standard InChI is InChI=1S/C9H12O3/c1-6-4-5-7(10)9(6,2)8(11)12-3/h1,4-5H2,2-3H3. The lowest BCUT2D eigenvalue weighted by molar-refractivity contribution is -0.152. The molecule has 0 aliphatic heterocycles. The molecule has 0 bridgehead atoms. The highest BCUT2D eigenvalue weighted by molar-refractivity contribution is 6.08. The zero-order valence-corrected chi connectivity index (χ0v) is 7.35. The quantitative estimate of drug-likeness (QED) is 0.334. The van der Waals surface area contributed by atoms with Gasteiger partial charge in [-0.25, -0.2) is 0 Å². The molecule has 1 aliphatic rings. The van der Waals surface area contributed by atoms with Gasteiger partial charge in [0.05, 0.1) is 7.11 Å². The predicted molar refractivity (Wildman–Crippen MR) is 43.5 cm³/mol. The molecule has 66 valence electrons. The van der Waals surface area contributed by atoms with Gasteiger partial charge in [0.2, 0.25) is 0 Å². The van der Waals surface area contributed by atoms with Crippen molar-refractivity contribution < 1.29 is 14.3 Å². The van der Waals surface area contributed by atoms with Gasteiger partial charge in [0, 0.05) is 6.42 Å². The van der Waals surface area contributed by atoms with Crippen LogP contribution in [0.15, 0.2) is 12.2 Å². The van der Waals surface area contributed by atoms with Crippen LogP contribution in [0.1, 0.15) is 19.8 Å². The molecular weight excluding hydrogens is 156 g/mol. The smallest absolute Gasteiger partial charge is 0.323 e. The minimum atomic E-state index is -1.07. The number of esters is 1. The number of rotatable bonds is 1. The van der Waals surface area contributed by atoms with E-state index in [0.29, 0.717) is 18.4 Å². The topological polar surface area (TPSA) is 43.4 Å². The Kier molecular flexibility index (Phi) is 2.04. The van der Waals surface area contributed by atoms with E-state index in [9.17, 15) is 9.59 Å². The highest BCUT2D eigenvalue weighted by atomic mass is 16.5. The number of ether oxygens (including phenoxy) is 1. The first-order valence-electron chi connectivity index (χ1n) is 3.83. The van der Waals surface area contributed by atoms with Gasteiger partial charge in [-0.05, 0) is 13.3 Å². The highest BCUT2D eigenvalue weighted by Gasteiger charge is 2.48. The maximum Gasteiger partial charge on any atom is 0.323 e. The molecule has 0 heterocycles. The average Bonchev–Trinajstić information content (AvgIpc) is 2.32. The fraction of sp³-hybridized carbons (Fsp3) is 0.556. The Morgan fingerprint density at radius 1 is 1.58 bits per heavy atom. The molecule has 0 amide bonds. The van der Waals surface area contributed by atoms with Crippen molar-refractivity contribution in [2.45, 2.75) is 19.8 Å². The second-order valence-electron chi connectivity index (χ2n) is 3.14. The summed E-state index contributed by atoms with van der Waals surface area (Å²) in [6, 6.07) is 0. The van der Waals surface area contributed by atoms with E-state index in [4.69, 9.17) is 0 Å². The van der Waals surface area contributed by atoms with Crippen molar-refractivity contribution in [3.63, 3.8) is 0 Å². The molecule has 1 atom stereocenters. The van der Waals surface area contributed by atoms with E-state index in [1.54, 1.807) is 6.92 Å². The molecule has 0 N–H and O–H groups in total. The van der Waals surface area contributed by atoms with Crippen LogP contribution in [-0.2, 0) is 14.3 Å². The number of carbonyl (C=O) groups is 2. The van der Waals surface area contributed by atoms with Crippen molar-refractivity contribution in [1.29, 1.82) is 0 Å². The summed E-state index contributed by atoms with van der Waals surface area (Å²) in [4.78, 5) is 22.6. The van der Waals surface area contributed by atoms with Gasteiger partial charge in [-0.15, -0.1) is 0 Å². The molecule has 3 heteroatoms. The number of Topliss-reactive ketones (excluding diaryl/α,β-unsaturated/α-hetero) is 1. The van der Waals surface area contributed by atoms with Crippen LogP contribution in [0, 0.1) is 5.41 Å². The molecular formula is C9H12O3. The van der Waals surface area contributed by atoms with Gasteiger partial charge in [-0.2, -0.15) is 0 Å². The third kappa shape index (κ3) is 0.967. The maximum atomic E-state index is 11.3. The monoisotopic (exact) mass is 168 g/mol. The summed E-state index contributed by atoms with van der Waals surface area (Å²) < 4.78 is 4.56. The van der Waals surface area contributed by atoms with E-state index >= 15 is 0 Å². The molecule has 0 saturated heterocycles. The molecule has 3 nitrogen and oxygen atoms in total. The van der Waals surface area contributed by atoms with E-state index < -0.39 is 11.4 Å². The Balaban J connectivity index is 3.02. The summed E-state index contributed by atoms with van der Waals surface area (Å²) in [7, 11) is 1.28. The molecule has 1 unspecified atom stereocenters. The van der Waals surface area contributed by atoms with Gasteiger partial charge >= 0.3 is 5.97 Å². The third-order valence-corrected chi connectivity index (χ3v) is 2.51. The molecule has 0 radical (unpaired) electrons. The van der Waals surface area contributed by atoms with Gasteiger partial charge in [0.25, 0.3) is 0 Å². The Morgan fingerprint density at radius 2 is 2.17 bits per heavy atom. The van der Waals surface area contributed by atoms with Crippen LogP contribution in [0.3, 0.4) is 0 Å². The van der Waals surface area contributed by atoms with Crippen LogP contribution in [0.4, 0.5) is 0 Å². The van der Waals surface area contributed by atoms with Crippen molar-refractivity contribution in [2.75, 3.05) is 7.11 Å². The van der Waals surface area contributed by atoms with Crippen molar-refractivity contribution in [2.24, 2.45) is 5.41 Å². The number of ketones is 1. The summed E-state index contributed by atoms with van der Waals surface area (Å²) >= 11 is 0. The van der Waals surface area contributed by atoms with E-state index in [1.165, 1.54) is 7.11 Å². The number of hydrogen-bond acceptors (Lipinski definition) is 3. The first-order chi connectivity index (χ1) is 5.53. The minimum absolute atomic E-state index is 0.0839. The van der Waals surface area contributed by atoms with Gasteiger partial charge < -0.3 is 4.74 Å². The largest absolute Gasteiger partial charge is 0.468 e. The molecule has 1 fully saturated rings. The molecule has 0 spiro atoms. The molecule has 1 rings (SSSR count). The molecule has 1 saturated carbocycles. The second-order valence-corrected chi connectivity index (χ2v) is 3.14. The first kappa shape index (κ1) is 8.97. The van der Waals surface area contributed by atoms with Gasteiger partial charge in [0.15, 0.2) is 5.78 Å². The molecule has 1 aliphatic carbocycles. The van der Waals surface area contributed by atoms with Crippen LogP contribution in [0.2, 0.25) is 0 Å². The lowest BCUT2D eigenvalue weighted by Gasteiger charge is -2.19. The van der Waals surface area contributed by atoms with E-state index in [1.807, 2.05) is 0 Å². The Hall–Kier alpha value is -1.12. The predicted octanol–water partition coefficient (Wildman–Crippen LogP) is 1.08. The SMILES string of the molecule is C=C1CCC(=O)C1(C)C(=O)OC. The second kappa shape index (κ2) is 2.73. The number of hydrogen-bond donors (Lipinski definition) is 0. The van der Waals surface area contributed by atoms with Crippen LogP contribution in [0.5, 0.6) is 0 Å². The van der Waals surface area contributed by atoms with Gasteiger partial charge in [-0.1, -0.05) is 12.2 Å². The normalized spacial score (nSPS) is 29.2. The van der Waals surface area contributed by atoms with Crippen LogP contribution < -0.4 is 0 Å². The van der Waals surface area contributed by atoms with Gasteiger partial charge in [-0.3, -0.25) is 9.59 Å². The summed E-state index contributed by atoms with van der Waals surface area (Å²) in [5, 5.41) is 0. The van der Waals surface area contributed by atoms with Crippen molar-refractivity contribution in [3.8, 4) is 0 Å². The molecule has 0 aromatic rings. The van der Waals surface area contributed by atoms with E-state index in [2.05, 4.69) is 11.3 Å². The van der Waals surface area contributed by atoms with Crippen LogP contribution >= 0.6 is 0 Å². The van der Waals surface area contributed by atoms with Gasteiger partial charge in [0.1, 0.15) is 5.41 Å². The summed E-state index contributed by atoms with van der Waals surface area (Å²) in [5.41, 5.74) is -0.409. The average molecular weight is 168 g/mol. The Bertz CT molecular complexity index is 236. The zero-order chi connectivity index (χ0) is 9.35. The number of carbonyl (C=O) groups excluding carboxylic acids is 2.